The third kappa shape index (κ3) is 2.83. The molecule has 1 aromatic carbocycles. The number of hydrogen-bond donors (Lipinski definition) is 2. The summed E-state index contributed by atoms with van der Waals surface area (Å²) in [6.45, 7) is 3.68. The van der Waals surface area contributed by atoms with E-state index in [4.69, 9.17) is 0 Å². The van der Waals surface area contributed by atoms with Gasteiger partial charge < -0.3 is 10.6 Å². The molecule has 1 aromatic rings. The van der Waals surface area contributed by atoms with Crippen LogP contribution in [0.15, 0.2) is 24.3 Å². The second-order valence-corrected chi connectivity index (χ2v) is 4.31. The van der Waals surface area contributed by atoms with Crippen LogP contribution in [0, 0.1) is 0 Å². The van der Waals surface area contributed by atoms with Gasteiger partial charge >= 0.3 is 0 Å². The molecule has 0 bridgehead atoms. The van der Waals surface area contributed by atoms with Crippen LogP contribution >= 0.6 is 0 Å². The number of anilines is 1. The van der Waals surface area contributed by atoms with Gasteiger partial charge in [0, 0.05) is 23.8 Å². The summed E-state index contributed by atoms with van der Waals surface area (Å²) in [5.74, 6) is 0.115. The van der Waals surface area contributed by atoms with E-state index in [0.717, 1.165) is 24.3 Å². The zero-order valence-electron chi connectivity index (χ0n) is 9.62. The molecule has 86 valence electrons. The van der Waals surface area contributed by atoms with Gasteiger partial charge in [-0.25, -0.2) is 0 Å². The molecule has 2 rings (SSSR count). The van der Waals surface area contributed by atoms with Gasteiger partial charge in [0.15, 0.2) is 5.78 Å². The van der Waals surface area contributed by atoms with Gasteiger partial charge in [-0.15, -0.1) is 0 Å². The number of carbonyl (C=O) groups is 1. The summed E-state index contributed by atoms with van der Waals surface area (Å²) >= 11 is 0. The smallest absolute Gasteiger partial charge is 0.159 e. The normalized spacial score (nSPS) is 19.7. The highest BCUT2D eigenvalue weighted by atomic mass is 16.1. The molecule has 1 fully saturated rings. The van der Waals surface area contributed by atoms with Crippen LogP contribution in [0.2, 0.25) is 0 Å². The van der Waals surface area contributed by atoms with Crippen LogP contribution in [0.1, 0.15) is 30.1 Å². The van der Waals surface area contributed by atoms with Crippen LogP contribution in [0.4, 0.5) is 5.69 Å². The number of Topliss-reactive ketones (excluding diaryl/α,β-unsaturated/α-hetero) is 1. The Labute approximate surface area is 96.2 Å². The Hall–Kier alpha value is -1.35. The summed E-state index contributed by atoms with van der Waals surface area (Å²) in [7, 11) is 0. The van der Waals surface area contributed by atoms with Crippen LogP contribution in [0.3, 0.4) is 0 Å². The second kappa shape index (κ2) is 5.12. The van der Waals surface area contributed by atoms with E-state index in [1.165, 1.54) is 12.8 Å². The molecule has 1 aliphatic rings. The van der Waals surface area contributed by atoms with Crippen molar-refractivity contribution in [3.63, 3.8) is 0 Å². The number of hydrogen-bond acceptors (Lipinski definition) is 3. The van der Waals surface area contributed by atoms with Crippen molar-refractivity contribution < 1.29 is 4.79 Å². The maximum atomic E-state index is 11.1. The zero-order chi connectivity index (χ0) is 11.4. The van der Waals surface area contributed by atoms with Gasteiger partial charge in [-0.2, -0.15) is 0 Å². The monoisotopic (exact) mass is 218 g/mol. The number of ketones is 1. The molecule has 0 spiro atoms. The molecule has 0 saturated carbocycles. The van der Waals surface area contributed by atoms with Crippen molar-refractivity contribution >= 4 is 11.5 Å². The van der Waals surface area contributed by atoms with E-state index in [0.29, 0.717) is 6.04 Å². The minimum absolute atomic E-state index is 0.115. The molecule has 1 saturated heterocycles. The van der Waals surface area contributed by atoms with E-state index in [1.807, 2.05) is 24.3 Å². The Bertz CT molecular complexity index is 353. The SMILES string of the molecule is CC(=O)c1ccc(NCC2CCCN2)cc1. The van der Waals surface area contributed by atoms with Crippen molar-refractivity contribution in [1.29, 1.82) is 0 Å². The summed E-state index contributed by atoms with van der Waals surface area (Å²) in [5, 5.41) is 6.82. The average molecular weight is 218 g/mol. The lowest BCUT2D eigenvalue weighted by Gasteiger charge is -2.12. The molecule has 0 radical (unpaired) electrons. The average Bonchev–Trinajstić information content (AvgIpc) is 2.80. The number of nitrogens with one attached hydrogen (secondary N) is 2. The van der Waals surface area contributed by atoms with Crippen molar-refractivity contribution in [1.82, 2.24) is 5.32 Å². The summed E-state index contributed by atoms with van der Waals surface area (Å²) in [5.41, 5.74) is 1.85. The van der Waals surface area contributed by atoms with Crippen LogP contribution < -0.4 is 10.6 Å². The summed E-state index contributed by atoms with van der Waals surface area (Å²) < 4.78 is 0. The summed E-state index contributed by atoms with van der Waals surface area (Å²) in [6.07, 6.45) is 2.52. The van der Waals surface area contributed by atoms with Gasteiger partial charge in [0.05, 0.1) is 0 Å². The Morgan fingerprint density at radius 1 is 1.44 bits per heavy atom. The fraction of sp³-hybridized carbons (Fsp3) is 0.462. The number of carbonyl (C=O) groups excluding carboxylic acids is 1. The topological polar surface area (TPSA) is 41.1 Å². The molecule has 1 heterocycles. The summed E-state index contributed by atoms with van der Waals surface area (Å²) in [4.78, 5) is 11.1. The number of benzene rings is 1. The van der Waals surface area contributed by atoms with E-state index < -0.39 is 0 Å². The molecule has 3 nitrogen and oxygen atoms in total. The van der Waals surface area contributed by atoms with Gasteiger partial charge in [0.25, 0.3) is 0 Å². The summed E-state index contributed by atoms with van der Waals surface area (Å²) in [6, 6.07) is 8.25. The third-order valence-electron chi connectivity index (χ3n) is 3.01. The van der Waals surface area contributed by atoms with E-state index in [2.05, 4.69) is 10.6 Å². The predicted molar refractivity (Wildman–Crippen MR) is 66.0 cm³/mol. The quantitative estimate of drug-likeness (QED) is 0.760. The lowest BCUT2D eigenvalue weighted by molar-refractivity contribution is 0.101. The van der Waals surface area contributed by atoms with E-state index >= 15 is 0 Å². The Morgan fingerprint density at radius 2 is 2.19 bits per heavy atom. The van der Waals surface area contributed by atoms with E-state index in [1.54, 1.807) is 6.92 Å². The second-order valence-electron chi connectivity index (χ2n) is 4.31. The van der Waals surface area contributed by atoms with Gasteiger partial charge in [0.2, 0.25) is 0 Å². The van der Waals surface area contributed by atoms with E-state index in [-0.39, 0.29) is 5.78 Å². The van der Waals surface area contributed by atoms with E-state index in [9.17, 15) is 4.79 Å². The molecule has 0 aliphatic carbocycles. The third-order valence-corrected chi connectivity index (χ3v) is 3.01. The Morgan fingerprint density at radius 3 is 2.75 bits per heavy atom. The van der Waals surface area contributed by atoms with Crippen LogP contribution in [0.25, 0.3) is 0 Å². The maximum Gasteiger partial charge on any atom is 0.159 e. The molecule has 2 N–H and O–H groups in total. The highest BCUT2D eigenvalue weighted by molar-refractivity contribution is 5.94. The molecule has 0 aromatic heterocycles. The van der Waals surface area contributed by atoms with Gasteiger partial charge in [-0.1, -0.05) is 0 Å². The van der Waals surface area contributed by atoms with Crippen LogP contribution in [-0.4, -0.2) is 24.9 Å². The molecule has 3 heteroatoms. The highest BCUT2D eigenvalue weighted by Gasteiger charge is 2.12. The van der Waals surface area contributed by atoms with Crippen molar-refractivity contribution in [2.75, 3.05) is 18.4 Å². The minimum Gasteiger partial charge on any atom is -0.383 e. The molecular weight excluding hydrogens is 200 g/mol. The molecule has 1 unspecified atom stereocenters. The maximum absolute atomic E-state index is 11.1. The Balaban J connectivity index is 1.87. The van der Waals surface area contributed by atoms with Crippen molar-refractivity contribution in [3.8, 4) is 0 Å². The first-order chi connectivity index (χ1) is 7.75. The zero-order valence-corrected chi connectivity index (χ0v) is 9.62. The molecular formula is C13H18N2O. The van der Waals surface area contributed by atoms with Gasteiger partial charge in [-0.05, 0) is 50.6 Å². The molecule has 1 aliphatic heterocycles. The number of rotatable bonds is 4. The fourth-order valence-corrected chi connectivity index (χ4v) is 1.99. The first kappa shape index (κ1) is 11.1. The van der Waals surface area contributed by atoms with Gasteiger partial charge in [0.1, 0.15) is 0 Å². The Kier molecular flexibility index (Phi) is 3.57. The lowest BCUT2D eigenvalue weighted by Crippen LogP contribution is -2.29. The standard InChI is InChI=1S/C13H18N2O/c1-10(16)11-4-6-12(7-5-11)15-9-13-3-2-8-14-13/h4-7,13-15H,2-3,8-9H2,1H3. The minimum atomic E-state index is 0.115. The van der Waals surface area contributed by atoms with Crippen LogP contribution in [0.5, 0.6) is 0 Å². The first-order valence-corrected chi connectivity index (χ1v) is 5.84. The van der Waals surface area contributed by atoms with Crippen molar-refractivity contribution in [2.45, 2.75) is 25.8 Å². The molecule has 0 amide bonds. The first-order valence-electron chi connectivity index (χ1n) is 5.84. The highest BCUT2D eigenvalue weighted by Crippen LogP contribution is 2.11. The fourth-order valence-electron chi connectivity index (χ4n) is 1.99. The van der Waals surface area contributed by atoms with Crippen LogP contribution in [-0.2, 0) is 0 Å². The largest absolute Gasteiger partial charge is 0.383 e. The lowest BCUT2D eigenvalue weighted by atomic mass is 10.1. The van der Waals surface area contributed by atoms with Gasteiger partial charge in [-0.3, -0.25) is 4.79 Å². The predicted octanol–water partition coefficient (Wildman–Crippen LogP) is 2.05. The van der Waals surface area contributed by atoms with Crippen molar-refractivity contribution in [3.05, 3.63) is 29.8 Å². The molecule has 16 heavy (non-hydrogen) atoms. The molecule has 1 atom stereocenters. The van der Waals surface area contributed by atoms with Crippen molar-refractivity contribution in [2.24, 2.45) is 0 Å².